The smallest absolute Gasteiger partial charge is 0.341 e. The molecule has 0 spiro atoms. The monoisotopic (exact) mass is 654 g/mol. The number of aromatic carboxylic acids is 1. The molecule has 12 heteroatoms. The highest BCUT2D eigenvalue weighted by atomic mass is 32.2. The van der Waals surface area contributed by atoms with E-state index in [2.05, 4.69) is 9.44 Å². The SMILES string of the molecule is C.C.CC(C)(C)[S@](=O)N[C@H]1CCOc2c(C(=O)O)cccc21.CCOC(=O)c1cccc2c1OCC[C@@H]2N[S@@](=O)C(C)(C)C. The Morgan fingerprint density at radius 3 is 1.61 bits per heavy atom. The normalized spacial score (nSPS) is 18.5. The Bertz CT molecular complexity index is 1330. The second-order valence-electron chi connectivity index (χ2n) is 11.9. The van der Waals surface area contributed by atoms with E-state index in [1.165, 1.54) is 6.07 Å². The van der Waals surface area contributed by atoms with Gasteiger partial charge in [-0.3, -0.25) is 0 Å². The fourth-order valence-corrected chi connectivity index (χ4v) is 5.96. The molecule has 0 radical (unpaired) electrons. The Morgan fingerprint density at radius 2 is 1.23 bits per heavy atom. The predicted molar refractivity (Wildman–Crippen MR) is 177 cm³/mol. The molecular formula is C32H50N2O8S2. The Balaban J connectivity index is 0.000000422. The van der Waals surface area contributed by atoms with Gasteiger partial charge in [0.1, 0.15) is 22.6 Å². The second-order valence-corrected chi connectivity index (χ2v) is 15.8. The van der Waals surface area contributed by atoms with E-state index in [-0.39, 0.29) is 42.0 Å². The third kappa shape index (κ3) is 9.85. The van der Waals surface area contributed by atoms with Crippen molar-refractivity contribution in [3.05, 3.63) is 58.7 Å². The van der Waals surface area contributed by atoms with E-state index in [4.69, 9.17) is 14.2 Å². The molecule has 10 nitrogen and oxygen atoms in total. The van der Waals surface area contributed by atoms with Gasteiger partial charge in [-0.1, -0.05) is 39.1 Å². The number of hydrogen-bond donors (Lipinski definition) is 3. The van der Waals surface area contributed by atoms with Crippen LogP contribution in [0, 0.1) is 0 Å². The van der Waals surface area contributed by atoms with Crippen LogP contribution in [-0.4, -0.2) is 54.8 Å². The van der Waals surface area contributed by atoms with E-state index in [1.807, 2.05) is 53.7 Å². The Labute approximate surface area is 267 Å². The number of carbonyl (C=O) groups is 2. The van der Waals surface area contributed by atoms with Gasteiger partial charge in [0, 0.05) is 24.0 Å². The number of hydrogen-bond acceptors (Lipinski definition) is 7. The molecule has 2 aromatic rings. The van der Waals surface area contributed by atoms with Crippen LogP contribution in [0.1, 0.15) is 120 Å². The van der Waals surface area contributed by atoms with Gasteiger partial charge in [0.05, 0.1) is 63.4 Å². The van der Waals surface area contributed by atoms with Crippen LogP contribution in [-0.2, 0) is 26.7 Å². The number of fused-ring (bicyclic) bond motifs is 2. The molecule has 4 rings (SSSR count). The van der Waals surface area contributed by atoms with Gasteiger partial charge in [0.15, 0.2) is 0 Å². The maximum Gasteiger partial charge on any atom is 0.341 e. The molecule has 2 aliphatic heterocycles. The Kier molecular flexibility index (Phi) is 14.7. The zero-order valence-electron chi connectivity index (χ0n) is 25.3. The first-order valence-corrected chi connectivity index (χ1v) is 16.2. The molecule has 44 heavy (non-hydrogen) atoms. The first-order valence-electron chi connectivity index (χ1n) is 13.9. The van der Waals surface area contributed by atoms with Gasteiger partial charge in [-0.05, 0) is 60.6 Å². The summed E-state index contributed by atoms with van der Waals surface area (Å²) >= 11 is 0. The number of carbonyl (C=O) groups excluding carboxylic acids is 1. The molecule has 3 N–H and O–H groups in total. The average Bonchev–Trinajstić information content (AvgIpc) is 2.92. The number of benzene rings is 2. The van der Waals surface area contributed by atoms with Crippen molar-refractivity contribution in [3.8, 4) is 11.5 Å². The van der Waals surface area contributed by atoms with E-state index in [0.29, 0.717) is 49.7 Å². The molecule has 248 valence electrons. The zero-order chi connectivity index (χ0) is 31.2. The van der Waals surface area contributed by atoms with Crippen LogP contribution in [0.4, 0.5) is 0 Å². The zero-order valence-corrected chi connectivity index (χ0v) is 26.9. The van der Waals surface area contributed by atoms with Gasteiger partial charge in [-0.25, -0.2) is 27.5 Å². The minimum Gasteiger partial charge on any atom is -0.492 e. The quantitative estimate of drug-likeness (QED) is 0.297. The van der Waals surface area contributed by atoms with Crippen LogP contribution < -0.4 is 18.9 Å². The Morgan fingerprint density at radius 1 is 0.818 bits per heavy atom. The number of ether oxygens (including phenoxy) is 3. The van der Waals surface area contributed by atoms with Crippen LogP contribution in [0.5, 0.6) is 11.5 Å². The topological polar surface area (TPSA) is 140 Å². The second kappa shape index (κ2) is 16.5. The van der Waals surface area contributed by atoms with E-state index >= 15 is 0 Å². The number of para-hydroxylation sites is 2. The first kappa shape index (κ1) is 39.2. The van der Waals surface area contributed by atoms with Crippen molar-refractivity contribution in [2.75, 3.05) is 19.8 Å². The number of esters is 1. The van der Waals surface area contributed by atoms with Gasteiger partial charge in [0.25, 0.3) is 0 Å². The third-order valence-corrected chi connectivity index (χ3v) is 9.71. The molecule has 0 aromatic heterocycles. The number of carboxylic acids is 1. The third-order valence-electron chi connectivity index (χ3n) is 6.48. The molecule has 0 fully saturated rings. The van der Waals surface area contributed by atoms with Crippen molar-refractivity contribution >= 4 is 33.9 Å². The highest BCUT2D eigenvalue weighted by Gasteiger charge is 2.31. The minimum atomic E-state index is -1.21. The molecule has 0 saturated carbocycles. The van der Waals surface area contributed by atoms with Gasteiger partial charge in [-0.15, -0.1) is 0 Å². The maximum atomic E-state index is 12.3. The molecular weight excluding hydrogens is 604 g/mol. The van der Waals surface area contributed by atoms with Crippen LogP contribution >= 0.6 is 0 Å². The lowest BCUT2D eigenvalue weighted by atomic mass is 9.98. The summed E-state index contributed by atoms with van der Waals surface area (Å²) in [7, 11) is -2.40. The standard InChI is InChI=1S/C16H23NO4S.C14H19NO4S.2CH4/c1-5-20-15(18)12-8-6-7-11-13(9-10-21-14(11)12)17-22(19)16(2,3)4;1-14(2,3)20(18)15-11-7-8-19-12-9(11)5-4-6-10(12)13(16)17;;/h6-8,13,17H,5,9-10H2,1-4H3;4-6,11,15H,7-8H2,1-3H3,(H,16,17);2*1H4/t13-,22-;11-,20-;;/m00../s1. The molecule has 2 heterocycles. The molecule has 0 saturated heterocycles. The number of nitrogens with one attached hydrogen (secondary N) is 2. The van der Waals surface area contributed by atoms with E-state index in [1.54, 1.807) is 25.1 Å². The van der Waals surface area contributed by atoms with Crippen molar-refractivity contribution in [2.45, 2.75) is 97.7 Å². The van der Waals surface area contributed by atoms with Crippen molar-refractivity contribution in [2.24, 2.45) is 0 Å². The summed E-state index contributed by atoms with van der Waals surface area (Å²) in [5, 5.41) is 9.18. The average molecular weight is 655 g/mol. The largest absolute Gasteiger partial charge is 0.492 e. The predicted octanol–water partition coefficient (Wildman–Crippen LogP) is 6.27. The fraction of sp³-hybridized carbons (Fsp3) is 0.562. The summed E-state index contributed by atoms with van der Waals surface area (Å²) in [6.45, 7) is 14.4. The number of carboxylic acid groups (broad SMARTS) is 1. The van der Waals surface area contributed by atoms with Gasteiger partial charge in [0.2, 0.25) is 0 Å². The molecule has 0 bridgehead atoms. The molecule has 2 aliphatic rings. The minimum absolute atomic E-state index is 0. The summed E-state index contributed by atoms with van der Waals surface area (Å²) in [5.74, 6) is -0.485. The summed E-state index contributed by atoms with van der Waals surface area (Å²) in [6.07, 6.45) is 1.37. The van der Waals surface area contributed by atoms with Crippen LogP contribution in [0.3, 0.4) is 0 Å². The highest BCUT2D eigenvalue weighted by Crippen LogP contribution is 2.37. The molecule has 0 amide bonds. The highest BCUT2D eigenvalue weighted by molar-refractivity contribution is 7.84. The van der Waals surface area contributed by atoms with Gasteiger partial charge in [-0.2, -0.15) is 0 Å². The fourth-order valence-electron chi connectivity index (χ4n) is 4.24. The maximum absolute atomic E-state index is 12.3. The van der Waals surface area contributed by atoms with E-state index in [0.717, 1.165) is 11.1 Å². The Hall–Kier alpha value is -2.80. The van der Waals surface area contributed by atoms with E-state index in [9.17, 15) is 23.1 Å². The van der Waals surface area contributed by atoms with Gasteiger partial charge >= 0.3 is 11.9 Å². The van der Waals surface area contributed by atoms with Crippen molar-refractivity contribution in [1.82, 2.24) is 9.44 Å². The summed E-state index contributed by atoms with van der Waals surface area (Å²) in [6, 6.07) is 10.2. The van der Waals surface area contributed by atoms with Crippen LogP contribution in [0.2, 0.25) is 0 Å². The molecule has 4 atom stereocenters. The number of rotatable bonds is 7. The molecule has 0 aliphatic carbocycles. The van der Waals surface area contributed by atoms with Crippen molar-refractivity contribution in [1.29, 1.82) is 0 Å². The van der Waals surface area contributed by atoms with E-state index < -0.39 is 33.9 Å². The van der Waals surface area contributed by atoms with Gasteiger partial charge < -0.3 is 19.3 Å². The summed E-state index contributed by atoms with van der Waals surface area (Å²) in [5.41, 5.74) is 2.19. The lowest BCUT2D eigenvalue weighted by Crippen LogP contribution is -2.37. The lowest BCUT2D eigenvalue weighted by molar-refractivity contribution is 0.0519. The van der Waals surface area contributed by atoms with Crippen LogP contribution in [0.25, 0.3) is 0 Å². The van der Waals surface area contributed by atoms with Crippen molar-refractivity contribution < 1.29 is 37.3 Å². The molecule has 0 unspecified atom stereocenters. The first-order chi connectivity index (χ1) is 19.6. The van der Waals surface area contributed by atoms with Crippen LogP contribution in [0.15, 0.2) is 36.4 Å². The summed E-state index contributed by atoms with van der Waals surface area (Å²) < 4.78 is 46.3. The molecule has 2 aromatic carbocycles. The van der Waals surface area contributed by atoms with Crippen molar-refractivity contribution in [3.63, 3.8) is 0 Å². The summed E-state index contributed by atoms with van der Waals surface area (Å²) in [4.78, 5) is 23.2. The lowest BCUT2D eigenvalue weighted by Gasteiger charge is -2.30.